The van der Waals surface area contributed by atoms with E-state index in [-0.39, 0.29) is 0 Å². The minimum absolute atomic E-state index is 0.871. The van der Waals surface area contributed by atoms with Crippen LogP contribution in [0.2, 0.25) is 0 Å². The van der Waals surface area contributed by atoms with Crippen LogP contribution >= 0.6 is 11.8 Å². The van der Waals surface area contributed by atoms with Crippen molar-refractivity contribution in [2.24, 2.45) is 5.92 Å². The van der Waals surface area contributed by atoms with Crippen molar-refractivity contribution in [3.05, 3.63) is 24.4 Å². The maximum atomic E-state index is 5.98. The van der Waals surface area contributed by atoms with Crippen LogP contribution in [0.3, 0.4) is 0 Å². The van der Waals surface area contributed by atoms with E-state index >= 15 is 0 Å². The molecule has 2 nitrogen and oxygen atoms in total. The molecule has 0 saturated heterocycles. The van der Waals surface area contributed by atoms with Crippen molar-refractivity contribution in [1.82, 2.24) is 4.57 Å². The molecular weight excluding hydrogens is 228 g/mol. The lowest BCUT2D eigenvalue weighted by Gasteiger charge is -2.26. The molecule has 0 radical (unpaired) electrons. The van der Waals surface area contributed by atoms with E-state index in [2.05, 4.69) is 35.2 Å². The Kier molecular flexibility index (Phi) is 2.79. The molecule has 3 heteroatoms. The lowest BCUT2D eigenvalue weighted by Crippen LogP contribution is -2.17. The predicted molar refractivity (Wildman–Crippen MR) is 75.5 cm³/mol. The first-order chi connectivity index (χ1) is 8.28. The molecule has 1 saturated carbocycles. The number of thioether (sulfide) groups is 1. The first kappa shape index (κ1) is 11.0. The van der Waals surface area contributed by atoms with E-state index in [0.29, 0.717) is 0 Å². The summed E-state index contributed by atoms with van der Waals surface area (Å²) >= 11 is 1.77. The summed E-state index contributed by atoms with van der Waals surface area (Å²) in [5, 5.41) is 1.34. The fourth-order valence-corrected chi connectivity index (χ4v) is 3.21. The van der Waals surface area contributed by atoms with Gasteiger partial charge in [0.1, 0.15) is 0 Å². The van der Waals surface area contributed by atoms with E-state index < -0.39 is 0 Å². The molecule has 0 spiro atoms. The van der Waals surface area contributed by atoms with Gasteiger partial charge in [0.2, 0.25) is 0 Å². The van der Waals surface area contributed by atoms with Gasteiger partial charge in [-0.3, -0.25) is 0 Å². The van der Waals surface area contributed by atoms with Crippen molar-refractivity contribution in [2.45, 2.75) is 30.7 Å². The summed E-state index contributed by atoms with van der Waals surface area (Å²) in [4.78, 5) is 1.28. The maximum absolute atomic E-state index is 5.98. The van der Waals surface area contributed by atoms with Crippen molar-refractivity contribution < 1.29 is 0 Å². The van der Waals surface area contributed by atoms with E-state index in [4.69, 9.17) is 5.73 Å². The number of anilines is 1. The first-order valence-corrected chi connectivity index (χ1v) is 7.43. The largest absolute Gasteiger partial charge is 0.399 e. The minimum Gasteiger partial charge on any atom is -0.399 e. The Hall–Kier alpha value is -1.09. The third kappa shape index (κ3) is 1.93. The van der Waals surface area contributed by atoms with Crippen LogP contribution in [0.15, 0.2) is 29.3 Å². The molecule has 0 amide bonds. The Balaban J connectivity index is 2.04. The van der Waals surface area contributed by atoms with Gasteiger partial charge in [-0.2, -0.15) is 0 Å². The highest BCUT2D eigenvalue weighted by Crippen LogP contribution is 2.33. The number of benzene rings is 1. The number of hydrogen-bond donors (Lipinski definition) is 1. The topological polar surface area (TPSA) is 30.9 Å². The molecular formula is C14H18N2S. The molecule has 2 N–H and O–H groups in total. The van der Waals surface area contributed by atoms with Gasteiger partial charge in [-0.05, 0) is 43.2 Å². The number of nitrogen functional groups attached to an aromatic ring is 1. The van der Waals surface area contributed by atoms with Crippen LogP contribution < -0.4 is 5.73 Å². The van der Waals surface area contributed by atoms with Crippen molar-refractivity contribution in [2.75, 3.05) is 12.0 Å². The molecule has 0 aliphatic heterocycles. The molecule has 1 aliphatic rings. The summed E-state index contributed by atoms with van der Waals surface area (Å²) in [6.45, 7) is 1.15. The van der Waals surface area contributed by atoms with E-state index in [9.17, 15) is 0 Å². The molecule has 90 valence electrons. The number of hydrogen-bond acceptors (Lipinski definition) is 2. The van der Waals surface area contributed by atoms with Crippen LogP contribution in [0.4, 0.5) is 5.69 Å². The normalized spacial score (nSPS) is 16.3. The number of rotatable bonds is 3. The SMILES string of the molecule is CSc1cc(N)cc2c1ccn2CC1CCC1. The first-order valence-electron chi connectivity index (χ1n) is 6.20. The molecule has 2 aromatic rings. The maximum Gasteiger partial charge on any atom is 0.0512 e. The molecule has 17 heavy (non-hydrogen) atoms. The van der Waals surface area contributed by atoms with Crippen LogP contribution in [0.5, 0.6) is 0 Å². The van der Waals surface area contributed by atoms with Gasteiger partial charge < -0.3 is 10.3 Å². The average molecular weight is 246 g/mol. The summed E-state index contributed by atoms with van der Waals surface area (Å²) in [5.74, 6) is 0.879. The van der Waals surface area contributed by atoms with Crippen molar-refractivity contribution in [3.8, 4) is 0 Å². The monoisotopic (exact) mass is 246 g/mol. The highest BCUT2D eigenvalue weighted by Gasteiger charge is 2.18. The molecule has 3 rings (SSSR count). The highest BCUT2D eigenvalue weighted by molar-refractivity contribution is 7.98. The minimum atomic E-state index is 0.871. The van der Waals surface area contributed by atoms with Gasteiger partial charge in [0.15, 0.2) is 0 Å². The van der Waals surface area contributed by atoms with Gasteiger partial charge in [0.25, 0.3) is 0 Å². The lowest BCUT2D eigenvalue weighted by molar-refractivity contribution is 0.280. The van der Waals surface area contributed by atoms with Crippen LogP contribution in [-0.2, 0) is 6.54 Å². The number of nitrogens with two attached hydrogens (primary N) is 1. The highest BCUT2D eigenvalue weighted by atomic mass is 32.2. The standard InChI is InChI=1S/C14H18N2S/c1-17-14-8-11(15)7-13-12(14)5-6-16(13)9-10-3-2-4-10/h5-8,10H,2-4,9,15H2,1H3. The summed E-state index contributed by atoms with van der Waals surface area (Å²) in [5.41, 5.74) is 8.14. The van der Waals surface area contributed by atoms with Crippen molar-refractivity contribution in [3.63, 3.8) is 0 Å². The Morgan fingerprint density at radius 1 is 1.41 bits per heavy atom. The Morgan fingerprint density at radius 3 is 2.88 bits per heavy atom. The van der Waals surface area contributed by atoms with Crippen LogP contribution in [0.25, 0.3) is 10.9 Å². The second-order valence-electron chi connectivity index (χ2n) is 4.92. The zero-order valence-electron chi connectivity index (χ0n) is 10.1. The fraction of sp³-hybridized carbons (Fsp3) is 0.429. The quantitative estimate of drug-likeness (QED) is 0.660. The lowest BCUT2D eigenvalue weighted by atomic mass is 9.85. The third-order valence-corrected chi connectivity index (χ3v) is 4.55. The van der Waals surface area contributed by atoms with Crippen LogP contribution in [0, 0.1) is 5.92 Å². The zero-order valence-corrected chi connectivity index (χ0v) is 11.0. The summed E-state index contributed by atoms with van der Waals surface area (Å²) < 4.78 is 2.37. The van der Waals surface area contributed by atoms with Gasteiger partial charge in [-0.1, -0.05) is 6.42 Å². The van der Waals surface area contributed by atoms with Crippen LogP contribution in [0.1, 0.15) is 19.3 Å². The molecule has 0 bridgehead atoms. The Labute approximate surface area is 106 Å². The number of fused-ring (bicyclic) bond motifs is 1. The van der Waals surface area contributed by atoms with Gasteiger partial charge in [-0.15, -0.1) is 11.8 Å². The van der Waals surface area contributed by atoms with Gasteiger partial charge in [0.05, 0.1) is 5.52 Å². The average Bonchev–Trinajstić information content (AvgIpc) is 2.65. The molecule has 1 aromatic heterocycles. The second-order valence-corrected chi connectivity index (χ2v) is 5.77. The Bertz CT molecular complexity index is 540. The van der Waals surface area contributed by atoms with E-state index in [1.54, 1.807) is 11.8 Å². The molecule has 1 heterocycles. The van der Waals surface area contributed by atoms with E-state index in [1.807, 2.05) is 0 Å². The molecule has 0 atom stereocenters. The Morgan fingerprint density at radius 2 is 2.24 bits per heavy atom. The number of aromatic nitrogens is 1. The van der Waals surface area contributed by atoms with E-state index in [0.717, 1.165) is 18.2 Å². The molecule has 1 aromatic carbocycles. The van der Waals surface area contributed by atoms with Crippen LogP contribution in [-0.4, -0.2) is 10.8 Å². The van der Waals surface area contributed by atoms with Gasteiger partial charge in [0, 0.05) is 28.7 Å². The second kappa shape index (κ2) is 4.30. The zero-order chi connectivity index (χ0) is 11.8. The predicted octanol–water partition coefficient (Wildman–Crippen LogP) is 3.75. The summed E-state index contributed by atoms with van der Waals surface area (Å²) in [6, 6.07) is 6.40. The molecule has 0 unspecified atom stereocenters. The third-order valence-electron chi connectivity index (χ3n) is 3.77. The van der Waals surface area contributed by atoms with Gasteiger partial charge >= 0.3 is 0 Å². The smallest absolute Gasteiger partial charge is 0.0512 e. The fourth-order valence-electron chi connectivity index (χ4n) is 2.56. The van der Waals surface area contributed by atoms with Crippen molar-refractivity contribution >= 4 is 28.4 Å². The summed E-state index contributed by atoms with van der Waals surface area (Å²) in [6.07, 6.45) is 8.50. The number of nitrogens with zero attached hydrogens (tertiary/aromatic N) is 1. The molecule has 1 fully saturated rings. The molecule has 1 aliphatic carbocycles. The van der Waals surface area contributed by atoms with Gasteiger partial charge in [-0.25, -0.2) is 0 Å². The van der Waals surface area contributed by atoms with Crippen molar-refractivity contribution in [1.29, 1.82) is 0 Å². The van der Waals surface area contributed by atoms with E-state index in [1.165, 1.54) is 35.1 Å². The summed E-state index contributed by atoms with van der Waals surface area (Å²) in [7, 11) is 0.